The van der Waals surface area contributed by atoms with Gasteiger partial charge in [0.2, 0.25) is 0 Å². The molecule has 1 amide bonds. The minimum absolute atomic E-state index is 0.137. The first-order valence-electron chi connectivity index (χ1n) is 9.78. The molecule has 0 unspecified atom stereocenters. The van der Waals surface area contributed by atoms with Gasteiger partial charge in [-0.2, -0.15) is 0 Å². The van der Waals surface area contributed by atoms with Gasteiger partial charge in [-0.25, -0.2) is 0 Å². The van der Waals surface area contributed by atoms with Gasteiger partial charge in [0.1, 0.15) is 5.75 Å². The molecule has 0 aliphatic carbocycles. The Morgan fingerprint density at radius 1 is 1.19 bits per heavy atom. The van der Waals surface area contributed by atoms with Gasteiger partial charge in [0, 0.05) is 0 Å². The first kappa shape index (κ1) is 19.2. The molecule has 1 atom stereocenters. The Hall–Kier alpha value is -2.53. The van der Waals surface area contributed by atoms with Crippen LogP contribution < -0.4 is 19.9 Å². The van der Waals surface area contributed by atoms with Crippen molar-refractivity contribution in [1.29, 1.82) is 0 Å². The predicted molar refractivity (Wildman–Crippen MR) is 110 cm³/mol. The molecule has 1 aliphatic heterocycles. The lowest BCUT2D eigenvalue weighted by Crippen LogP contribution is -3.14. The van der Waals surface area contributed by atoms with Crippen LogP contribution in [0.4, 0.5) is 11.4 Å². The van der Waals surface area contributed by atoms with E-state index < -0.39 is 6.10 Å². The number of carbonyl (C=O) groups is 1. The van der Waals surface area contributed by atoms with Crippen molar-refractivity contribution in [3.8, 4) is 5.75 Å². The fraction of sp³-hybridized carbons (Fsp3) is 0.409. The van der Waals surface area contributed by atoms with Crippen molar-refractivity contribution in [1.82, 2.24) is 0 Å². The van der Waals surface area contributed by atoms with E-state index in [4.69, 9.17) is 4.74 Å². The van der Waals surface area contributed by atoms with Crippen LogP contribution in [-0.4, -0.2) is 44.7 Å². The van der Waals surface area contributed by atoms with Gasteiger partial charge in [0.05, 0.1) is 44.1 Å². The molecule has 5 nitrogen and oxygen atoms in total. The van der Waals surface area contributed by atoms with E-state index in [1.54, 1.807) is 11.8 Å². The van der Waals surface area contributed by atoms with Crippen LogP contribution in [0.2, 0.25) is 0 Å². The lowest BCUT2D eigenvalue weighted by atomic mass is 10.2. The van der Waals surface area contributed by atoms with E-state index in [9.17, 15) is 4.79 Å². The van der Waals surface area contributed by atoms with Crippen LogP contribution >= 0.6 is 0 Å². The number of quaternary nitrogens is 1. The van der Waals surface area contributed by atoms with Gasteiger partial charge < -0.3 is 19.9 Å². The summed E-state index contributed by atoms with van der Waals surface area (Å²) in [7, 11) is 0. The Balaban J connectivity index is 1.65. The number of nitrogens with zero attached hydrogens (tertiary/aromatic N) is 1. The number of para-hydroxylation sites is 2. The zero-order valence-electron chi connectivity index (χ0n) is 16.5. The van der Waals surface area contributed by atoms with Crippen molar-refractivity contribution in [2.45, 2.75) is 26.9 Å². The molecule has 2 N–H and O–H groups in total. The summed E-state index contributed by atoms with van der Waals surface area (Å²) in [5.74, 6) is 0.575. The molecule has 0 spiro atoms. The average Bonchev–Trinajstić information content (AvgIpc) is 2.68. The Morgan fingerprint density at radius 2 is 1.93 bits per heavy atom. The normalized spacial score (nSPS) is 16.0. The summed E-state index contributed by atoms with van der Waals surface area (Å²) in [5.41, 5.74) is 3.05. The molecule has 0 bridgehead atoms. The number of piperazine rings is 1. The third-order valence-corrected chi connectivity index (χ3v) is 5.14. The second kappa shape index (κ2) is 8.91. The molecule has 0 radical (unpaired) electrons. The molecule has 1 aliphatic rings. The number of likely N-dealkylation sites (N-methyl/N-ethyl adjacent to an activating group) is 1. The highest BCUT2D eigenvalue weighted by Crippen LogP contribution is 2.26. The van der Waals surface area contributed by atoms with E-state index in [1.807, 2.05) is 49.4 Å². The SMILES string of the molecule is CC[NH+]1CCN(c2ccccc2NC(=O)[C@H](C)Oc2cccc(C)c2)CC1. The standard InChI is InChI=1S/C22H29N3O2/c1-4-24-12-14-25(15-13-24)21-11-6-5-10-20(21)23-22(26)18(3)27-19-9-7-8-17(2)16-19/h5-11,16,18H,4,12-15H2,1-3H3,(H,23,26)/p+1/t18-/m0/s1. The van der Waals surface area contributed by atoms with E-state index in [1.165, 1.54) is 6.54 Å². The second-order valence-electron chi connectivity index (χ2n) is 7.17. The van der Waals surface area contributed by atoms with E-state index in [0.717, 1.165) is 43.1 Å². The number of hydrogen-bond acceptors (Lipinski definition) is 3. The van der Waals surface area contributed by atoms with Gasteiger partial charge in [-0.15, -0.1) is 0 Å². The largest absolute Gasteiger partial charge is 0.481 e. The maximum absolute atomic E-state index is 12.7. The summed E-state index contributed by atoms with van der Waals surface area (Å²) < 4.78 is 5.81. The van der Waals surface area contributed by atoms with Crippen LogP contribution in [0.1, 0.15) is 19.4 Å². The van der Waals surface area contributed by atoms with Crippen LogP contribution in [-0.2, 0) is 4.79 Å². The third kappa shape index (κ3) is 5.01. The minimum Gasteiger partial charge on any atom is -0.481 e. The highest BCUT2D eigenvalue weighted by atomic mass is 16.5. The van der Waals surface area contributed by atoms with Gasteiger partial charge in [-0.1, -0.05) is 24.3 Å². The average molecular weight is 369 g/mol. The first-order chi connectivity index (χ1) is 13.1. The van der Waals surface area contributed by atoms with Crippen molar-refractivity contribution >= 4 is 17.3 Å². The number of benzene rings is 2. The molecule has 27 heavy (non-hydrogen) atoms. The molecule has 0 aromatic heterocycles. The molecule has 2 aromatic carbocycles. The monoisotopic (exact) mass is 368 g/mol. The van der Waals surface area contributed by atoms with Gasteiger partial charge in [-0.05, 0) is 50.6 Å². The Labute approximate surface area is 161 Å². The maximum Gasteiger partial charge on any atom is 0.265 e. The van der Waals surface area contributed by atoms with Gasteiger partial charge in [-0.3, -0.25) is 4.79 Å². The minimum atomic E-state index is -0.568. The number of aryl methyl sites for hydroxylation is 1. The smallest absolute Gasteiger partial charge is 0.265 e. The zero-order valence-corrected chi connectivity index (χ0v) is 16.5. The van der Waals surface area contributed by atoms with Crippen molar-refractivity contribution < 1.29 is 14.4 Å². The molecule has 1 saturated heterocycles. The molecule has 2 aromatic rings. The van der Waals surface area contributed by atoms with E-state index in [-0.39, 0.29) is 5.91 Å². The fourth-order valence-electron chi connectivity index (χ4n) is 3.45. The van der Waals surface area contributed by atoms with Crippen LogP contribution in [0.25, 0.3) is 0 Å². The van der Waals surface area contributed by atoms with Crippen molar-refractivity contribution in [2.75, 3.05) is 42.9 Å². The summed E-state index contributed by atoms with van der Waals surface area (Å²) >= 11 is 0. The Morgan fingerprint density at radius 3 is 2.63 bits per heavy atom. The molecular weight excluding hydrogens is 338 g/mol. The Bertz CT molecular complexity index is 770. The molecular formula is C22H30N3O2+. The number of nitrogens with one attached hydrogen (secondary N) is 2. The van der Waals surface area contributed by atoms with Crippen molar-refractivity contribution in [3.63, 3.8) is 0 Å². The number of anilines is 2. The fourth-order valence-corrected chi connectivity index (χ4v) is 3.45. The van der Waals surface area contributed by atoms with Crippen molar-refractivity contribution in [2.24, 2.45) is 0 Å². The summed E-state index contributed by atoms with van der Waals surface area (Å²) in [6.07, 6.45) is -0.568. The number of hydrogen-bond donors (Lipinski definition) is 2. The lowest BCUT2D eigenvalue weighted by molar-refractivity contribution is -0.898. The van der Waals surface area contributed by atoms with E-state index >= 15 is 0 Å². The van der Waals surface area contributed by atoms with Crippen LogP contribution in [0.5, 0.6) is 5.75 Å². The molecule has 0 saturated carbocycles. The zero-order chi connectivity index (χ0) is 19.2. The highest BCUT2D eigenvalue weighted by Gasteiger charge is 2.22. The molecule has 1 heterocycles. The number of ether oxygens (including phenoxy) is 1. The molecule has 1 fully saturated rings. The number of amides is 1. The summed E-state index contributed by atoms with van der Waals surface area (Å²) in [6.45, 7) is 11.5. The third-order valence-electron chi connectivity index (χ3n) is 5.14. The van der Waals surface area contributed by atoms with Crippen LogP contribution in [0.15, 0.2) is 48.5 Å². The summed E-state index contributed by atoms with van der Waals surface area (Å²) in [5, 5.41) is 3.06. The highest BCUT2D eigenvalue weighted by molar-refractivity contribution is 5.97. The van der Waals surface area contributed by atoms with Crippen LogP contribution in [0, 0.1) is 6.92 Å². The van der Waals surface area contributed by atoms with Gasteiger partial charge in [0.15, 0.2) is 6.10 Å². The molecule has 144 valence electrons. The van der Waals surface area contributed by atoms with Gasteiger partial charge in [0.25, 0.3) is 5.91 Å². The van der Waals surface area contributed by atoms with Gasteiger partial charge >= 0.3 is 0 Å². The van der Waals surface area contributed by atoms with E-state index in [0.29, 0.717) is 5.75 Å². The molecule has 5 heteroatoms. The van der Waals surface area contributed by atoms with Crippen molar-refractivity contribution in [3.05, 3.63) is 54.1 Å². The molecule has 3 rings (SSSR count). The Kier molecular flexibility index (Phi) is 6.35. The summed E-state index contributed by atoms with van der Waals surface area (Å²) in [6, 6.07) is 15.8. The first-order valence-corrected chi connectivity index (χ1v) is 9.78. The second-order valence-corrected chi connectivity index (χ2v) is 7.17. The predicted octanol–water partition coefficient (Wildman–Crippen LogP) is 2.13. The number of carbonyl (C=O) groups excluding carboxylic acids is 1. The van der Waals surface area contributed by atoms with Crippen LogP contribution in [0.3, 0.4) is 0 Å². The summed E-state index contributed by atoms with van der Waals surface area (Å²) in [4.78, 5) is 16.7. The topological polar surface area (TPSA) is 46.0 Å². The maximum atomic E-state index is 12.7. The lowest BCUT2D eigenvalue weighted by Gasteiger charge is -2.34. The number of rotatable bonds is 6. The quantitative estimate of drug-likeness (QED) is 0.821. The van der Waals surface area contributed by atoms with E-state index in [2.05, 4.69) is 23.2 Å².